The minimum absolute atomic E-state index is 0.234. The van der Waals surface area contributed by atoms with Gasteiger partial charge in [0.1, 0.15) is 0 Å². The number of benzene rings is 2. The maximum Gasteiger partial charge on any atom is 0.258 e. The Kier molecular flexibility index (Phi) is 4.28. The van der Waals surface area contributed by atoms with Crippen LogP contribution >= 0.6 is 0 Å². The fourth-order valence-corrected chi connectivity index (χ4v) is 1.80. The van der Waals surface area contributed by atoms with Crippen molar-refractivity contribution in [1.29, 1.82) is 0 Å². The van der Waals surface area contributed by atoms with Gasteiger partial charge in [-0.3, -0.25) is 4.79 Å². The van der Waals surface area contributed by atoms with Crippen LogP contribution in [0.25, 0.3) is 0 Å². The molecule has 1 atom stereocenters. The van der Waals surface area contributed by atoms with Crippen LogP contribution in [0.1, 0.15) is 28.9 Å². The minimum atomic E-state index is -1.67. The smallest absolute Gasteiger partial charge is 0.258 e. The summed E-state index contributed by atoms with van der Waals surface area (Å²) in [5.41, 5.74) is 6.32. The first-order chi connectivity index (χ1) is 9.90. The van der Waals surface area contributed by atoms with E-state index >= 15 is 0 Å². The first-order valence-electron chi connectivity index (χ1n) is 6.20. The molecular weight excluding hydrogens is 281 g/mol. The Labute approximate surface area is 119 Å². The number of nitrogens with two attached hydrogens (primary N) is 1. The molecule has 3 nitrogen and oxygen atoms in total. The largest absolute Gasteiger partial charge is 0.324 e. The molecule has 21 heavy (non-hydrogen) atoms. The fraction of sp³-hybridized carbons (Fsp3) is 0.133. The summed E-state index contributed by atoms with van der Waals surface area (Å²) in [6.07, 6.45) is 0. The van der Waals surface area contributed by atoms with Crippen LogP contribution in [0.2, 0.25) is 0 Å². The monoisotopic (exact) mass is 294 g/mol. The average molecular weight is 294 g/mol. The number of amides is 1. The molecule has 0 heterocycles. The maximum atomic E-state index is 13.5. The lowest BCUT2D eigenvalue weighted by molar-refractivity contribution is 0.102. The summed E-state index contributed by atoms with van der Waals surface area (Å²) >= 11 is 0. The molecule has 2 aromatic carbocycles. The number of carbonyl (C=O) groups excluding carboxylic acids is 1. The fourth-order valence-electron chi connectivity index (χ4n) is 1.80. The number of anilines is 1. The van der Waals surface area contributed by atoms with Crippen molar-refractivity contribution in [2.24, 2.45) is 5.73 Å². The Balaban J connectivity index is 2.26. The van der Waals surface area contributed by atoms with Crippen molar-refractivity contribution in [3.63, 3.8) is 0 Å². The molecule has 0 bridgehead atoms. The quantitative estimate of drug-likeness (QED) is 0.853. The number of hydrogen-bond acceptors (Lipinski definition) is 2. The van der Waals surface area contributed by atoms with Crippen LogP contribution in [0, 0.1) is 17.5 Å². The normalized spacial score (nSPS) is 12.0. The minimum Gasteiger partial charge on any atom is -0.324 e. The molecule has 0 fully saturated rings. The van der Waals surface area contributed by atoms with E-state index in [1.807, 2.05) is 0 Å². The van der Waals surface area contributed by atoms with Gasteiger partial charge in [-0.1, -0.05) is 12.1 Å². The summed E-state index contributed by atoms with van der Waals surface area (Å²) in [7, 11) is 0. The molecule has 3 N–H and O–H groups in total. The van der Waals surface area contributed by atoms with E-state index in [4.69, 9.17) is 5.73 Å². The van der Waals surface area contributed by atoms with E-state index < -0.39 is 28.9 Å². The standard InChI is InChI=1S/C15H13F3N2O/c1-8(19)9-3-2-4-10(7-9)20-15(21)11-5-6-12(16)14(18)13(11)17/h2-8H,19H2,1H3,(H,20,21). The SMILES string of the molecule is CC(N)c1cccc(NC(=O)c2ccc(F)c(F)c2F)c1. The molecule has 2 rings (SSSR count). The number of carbonyl (C=O) groups is 1. The molecule has 0 radical (unpaired) electrons. The second-order valence-electron chi connectivity index (χ2n) is 4.59. The zero-order valence-electron chi connectivity index (χ0n) is 11.2. The lowest BCUT2D eigenvalue weighted by Crippen LogP contribution is -2.15. The highest BCUT2D eigenvalue weighted by Crippen LogP contribution is 2.19. The van der Waals surface area contributed by atoms with Gasteiger partial charge in [-0.2, -0.15) is 0 Å². The molecule has 0 aromatic heterocycles. The van der Waals surface area contributed by atoms with Crippen LogP contribution in [-0.2, 0) is 0 Å². The summed E-state index contributed by atoms with van der Waals surface area (Å²) in [6.45, 7) is 1.77. The number of rotatable bonds is 3. The molecule has 0 spiro atoms. The Morgan fingerprint density at radius 3 is 2.52 bits per heavy atom. The zero-order chi connectivity index (χ0) is 15.6. The lowest BCUT2D eigenvalue weighted by atomic mass is 10.1. The van der Waals surface area contributed by atoms with Crippen molar-refractivity contribution in [2.45, 2.75) is 13.0 Å². The Bertz CT molecular complexity index is 687. The molecule has 0 aliphatic carbocycles. The molecule has 0 aliphatic heterocycles. The molecule has 0 saturated heterocycles. The predicted molar refractivity (Wildman–Crippen MR) is 73.3 cm³/mol. The number of hydrogen-bond donors (Lipinski definition) is 2. The van der Waals surface area contributed by atoms with E-state index in [-0.39, 0.29) is 6.04 Å². The van der Waals surface area contributed by atoms with Crippen LogP contribution < -0.4 is 11.1 Å². The Morgan fingerprint density at radius 2 is 1.86 bits per heavy atom. The van der Waals surface area contributed by atoms with Gasteiger partial charge in [0, 0.05) is 11.7 Å². The summed E-state index contributed by atoms with van der Waals surface area (Å²) in [5.74, 6) is -5.40. The van der Waals surface area contributed by atoms with Crippen LogP contribution in [0.3, 0.4) is 0 Å². The predicted octanol–water partition coefficient (Wildman–Crippen LogP) is 3.38. The van der Waals surface area contributed by atoms with E-state index in [0.717, 1.165) is 11.6 Å². The molecule has 0 aliphatic rings. The van der Waals surface area contributed by atoms with Gasteiger partial charge in [0.05, 0.1) is 5.56 Å². The van der Waals surface area contributed by atoms with E-state index in [9.17, 15) is 18.0 Å². The number of nitrogens with one attached hydrogen (secondary N) is 1. The highest BCUT2D eigenvalue weighted by Gasteiger charge is 2.18. The van der Waals surface area contributed by atoms with Crippen molar-refractivity contribution < 1.29 is 18.0 Å². The molecule has 0 saturated carbocycles. The van der Waals surface area contributed by atoms with Crippen LogP contribution in [0.15, 0.2) is 36.4 Å². The zero-order valence-corrected chi connectivity index (χ0v) is 11.2. The van der Waals surface area contributed by atoms with Gasteiger partial charge in [0.2, 0.25) is 0 Å². The van der Waals surface area contributed by atoms with Crippen molar-refractivity contribution in [1.82, 2.24) is 0 Å². The average Bonchev–Trinajstić information content (AvgIpc) is 2.45. The lowest BCUT2D eigenvalue weighted by Gasteiger charge is -2.10. The van der Waals surface area contributed by atoms with Crippen molar-refractivity contribution in [3.8, 4) is 0 Å². The summed E-state index contributed by atoms with van der Waals surface area (Å²) in [6, 6.07) is 8.02. The molecule has 1 amide bonds. The summed E-state index contributed by atoms with van der Waals surface area (Å²) in [5, 5.41) is 2.42. The third kappa shape index (κ3) is 3.22. The maximum absolute atomic E-state index is 13.5. The van der Waals surface area contributed by atoms with E-state index in [1.165, 1.54) is 0 Å². The molecular formula is C15H13F3N2O. The number of halogens is 3. The van der Waals surface area contributed by atoms with Gasteiger partial charge >= 0.3 is 0 Å². The third-order valence-corrected chi connectivity index (χ3v) is 2.95. The van der Waals surface area contributed by atoms with Gasteiger partial charge in [-0.15, -0.1) is 0 Å². The van der Waals surface area contributed by atoms with Crippen molar-refractivity contribution >= 4 is 11.6 Å². The highest BCUT2D eigenvalue weighted by atomic mass is 19.2. The van der Waals surface area contributed by atoms with Crippen molar-refractivity contribution in [2.75, 3.05) is 5.32 Å². The van der Waals surface area contributed by atoms with E-state index in [0.29, 0.717) is 11.8 Å². The molecule has 2 aromatic rings. The van der Waals surface area contributed by atoms with Gasteiger partial charge in [0.15, 0.2) is 17.5 Å². The summed E-state index contributed by atoms with van der Waals surface area (Å²) in [4.78, 5) is 11.9. The first kappa shape index (κ1) is 15.1. The van der Waals surface area contributed by atoms with Gasteiger partial charge in [-0.25, -0.2) is 13.2 Å². The van der Waals surface area contributed by atoms with Crippen LogP contribution in [0.4, 0.5) is 18.9 Å². The molecule has 1 unspecified atom stereocenters. The second kappa shape index (κ2) is 5.97. The second-order valence-corrected chi connectivity index (χ2v) is 4.59. The Morgan fingerprint density at radius 1 is 1.14 bits per heavy atom. The van der Waals surface area contributed by atoms with E-state index in [1.54, 1.807) is 31.2 Å². The van der Waals surface area contributed by atoms with Gasteiger partial charge in [-0.05, 0) is 36.8 Å². The highest BCUT2D eigenvalue weighted by molar-refractivity contribution is 6.04. The molecule has 110 valence electrons. The van der Waals surface area contributed by atoms with Gasteiger partial charge in [0.25, 0.3) is 5.91 Å². The van der Waals surface area contributed by atoms with Gasteiger partial charge < -0.3 is 11.1 Å². The molecule has 6 heteroatoms. The topological polar surface area (TPSA) is 55.1 Å². The Hall–Kier alpha value is -2.34. The van der Waals surface area contributed by atoms with Crippen LogP contribution in [-0.4, -0.2) is 5.91 Å². The van der Waals surface area contributed by atoms with E-state index in [2.05, 4.69) is 5.32 Å². The summed E-state index contributed by atoms with van der Waals surface area (Å²) < 4.78 is 39.5. The van der Waals surface area contributed by atoms with Crippen LogP contribution in [0.5, 0.6) is 0 Å². The van der Waals surface area contributed by atoms with Crippen molar-refractivity contribution in [3.05, 3.63) is 65.0 Å². The third-order valence-electron chi connectivity index (χ3n) is 2.95. The first-order valence-corrected chi connectivity index (χ1v) is 6.20.